The summed E-state index contributed by atoms with van der Waals surface area (Å²) in [5.74, 6) is 0. The quantitative estimate of drug-likeness (QED) is 0.878. The molecule has 0 atom stereocenters. The topological polar surface area (TPSA) is 58.6 Å². The van der Waals surface area contributed by atoms with E-state index in [1.54, 1.807) is 4.68 Å². The van der Waals surface area contributed by atoms with E-state index in [9.17, 15) is 0 Å². The highest BCUT2D eigenvalue weighted by Gasteiger charge is 2.07. The molecule has 0 bridgehead atoms. The minimum atomic E-state index is 0.700. The van der Waals surface area contributed by atoms with Crippen molar-refractivity contribution >= 4 is 0 Å². The van der Waals surface area contributed by atoms with Crippen LogP contribution in [0.4, 0.5) is 0 Å². The molecule has 0 saturated heterocycles. The molecule has 2 aromatic heterocycles. The van der Waals surface area contributed by atoms with Crippen LogP contribution < -0.4 is 5.32 Å². The second kappa shape index (κ2) is 5.07. The van der Waals surface area contributed by atoms with Gasteiger partial charge in [0.2, 0.25) is 0 Å². The molecule has 2 heterocycles. The van der Waals surface area contributed by atoms with Gasteiger partial charge in [0.25, 0.3) is 0 Å². The van der Waals surface area contributed by atoms with Gasteiger partial charge in [-0.25, -0.2) is 0 Å². The second-order valence-corrected chi connectivity index (χ2v) is 4.44. The van der Waals surface area contributed by atoms with Crippen molar-refractivity contribution in [2.45, 2.75) is 20.0 Å². The average Bonchev–Trinajstić information content (AvgIpc) is 2.88. The predicted molar refractivity (Wildman–Crippen MR) is 68.6 cm³/mol. The minimum Gasteiger partial charge on any atom is -0.340 e. The number of nitrogens with one attached hydrogen (secondary N) is 1. The number of hydrogen-bond donors (Lipinski definition) is 1. The van der Waals surface area contributed by atoms with Gasteiger partial charge in [-0.15, -0.1) is 0 Å². The first-order chi connectivity index (χ1) is 8.61. The fraction of sp³-hybridized carbons (Fsp3) is 0.385. The van der Waals surface area contributed by atoms with E-state index in [4.69, 9.17) is 5.26 Å². The molecule has 5 nitrogen and oxygen atoms in total. The first kappa shape index (κ1) is 12.4. The Kier molecular flexibility index (Phi) is 3.49. The number of hydrogen-bond acceptors (Lipinski definition) is 3. The molecule has 0 saturated carbocycles. The number of rotatable bonds is 4. The summed E-state index contributed by atoms with van der Waals surface area (Å²) >= 11 is 0. The summed E-state index contributed by atoms with van der Waals surface area (Å²) in [6.07, 6.45) is 3.84. The van der Waals surface area contributed by atoms with Crippen LogP contribution in [-0.2, 0) is 27.2 Å². The number of aryl methyl sites for hydroxylation is 1. The Morgan fingerprint density at radius 2 is 2.17 bits per heavy atom. The normalized spacial score (nSPS) is 10.6. The van der Waals surface area contributed by atoms with Gasteiger partial charge in [0.1, 0.15) is 11.8 Å². The van der Waals surface area contributed by atoms with Gasteiger partial charge in [-0.2, -0.15) is 10.4 Å². The van der Waals surface area contributed by atoms with Crippen LogP contribution in [0, 0.1) is 18.3 Å². The molecule has 0 aliphatic rings. The lowest BCUT2D eigenvalue weighted by atomic mass is 10.2. The molecule has 0 radical (unpaired) electrons. The van der Waals surface area contributed by atoms with E-state index in [0.29, 0.717) is 5.69 Å². The SMILES string of the molecule is Cc1c(CNCc2cnn(C)c2)cc(C#N)n1C. The number of aromatic nitrogens is 3. The van der Waals surface area contributed by atoms with Crippen LogP contribution in [0.25, 0.3) is 0 Å². The van der Waals surface area contributed by atoms with Gasteiger partial charge >= 0.3 is 0 Å². The van der Waals surface area contributed by atoms with E-state index in [0.717, 1.165) is 29.9 Å². The third-order valence-corrected chi connectivity index (χ3v) is 3.16. The molecule has 0 aliphatic carbocycles. The minimum absolute atomic E-state index is 0.700. The monoisotopic (exact) mass is 243 g/mol. The summed E-state index contributed by atoms with van der Waals surface area (Å²) in [7, 11) is 3.82. The molecule has 1 N–H and O–H groups in total. The van der Waals surface area contributed by atoms with Crippen molar-refractivity contribution in [2.24, 2.45) is 14.1 Å². The van der Waals surface area contributed by atoms with Gasteiger partial charge in [0.15, 0.2) is 0 Å². The van der Waals surface area contributed by atoms with Crippen molar-refractivity contribution in [1.29, 1.82) is 5.26 Å². The lowest BCUT2D eigenvalue weighted by Gasteiger charge is -2.03. The Balaban J connectivity index is 1.97. The zero-order chi connectivity index (χ0) is 13.1. The Morgan fingerprint density at radius 3 is 2.72 bits per heavy atom. The van der Waals surface area contributed by atoms with Crippen LogP contribution in [0.1, 0.15) is 22.5 Å². The maximum absolute atomic E-state index is 8.96. The van der Waals surface area contributed by atoms with Crippen LogP contribution in [0.3, 0.4) is 0 Å². The van der Waals surface area contributed by atoms with E-state index in [1.165, 1.54) is 0 Å². The van der Waals surface area contributed by atoms with Crippen molar-refractivity contribution in [1.82, 2.24) is 19.7 Å². The molecule has 0 aromatic carbocycles. The maximum atomic E-state index is 8.96. The van der Waals surface area contributed by atoms with Gasteiger partial charge in [0, 0.05) is 44.6 Å². The lowest BCUT2D eigenvalue weighted by molar-refractivity contribution is 0.686. The summed E-state index contributed by atoms with van der Waals surface area (Å²) in [5.41, 5.74) is 4.15. The molecular weight excluding hydrogens is 226 g/mol. The van der Waals surface area contributed by atoms with Crippen molar-refractivity contribution < 1.29 is 0 Å². The van der Waals surface area contributed by atoms with Crippen LogP contribution >= 0.6 is 0 Å². The molecule has 0 spiro atoms. The summed E-state index contributed by atoms with van der Waals surface area (Å²) in [6, 6.07) is 4.13. The van der Waals surface area contributed by atoms with Gasteiger partial charge in [-0.1, -0.05) is 0 Å². The largest absolute Gasteiger partial charge is 0.340 e. The van der Waals surface area contributed by atoms with Gasteiger partial charge < -0.3 is 9.88 Å². The average molecular weight is 243 g/mol. The molecule has 18 heavy (non-hydrogen) atoms. The molecule has 0 aliphatic heterocycles. The van der Waals surface area contributed by atoms with Crippen molar-refractivity contribution in [2.75, 3.05) is 0 Å². The molecule has 2 aromatic rings. The molecule has 2 rings (SSSR count). The fourth-order valence-corrected chi connectivity index (χ4v) is 1.95. The van der Waals surface area contributed by atoms with E-state index >= 15 is 0 Å². The number of nitrogens with zero attached hydrogens (tertiary/aromatic N) is 4. The highest BCUT2D eigenvalue weighted by atomic mass is 15.2. The first-order valence-electron chi connectivity index (χ1n) is 5.85. The van der Waals surface area contributed by atoms with Crippen molar-refractivity contribution in [3.05, 3.63) is 41.0 Å². The molecule has 0 unspecified atom stereocenters. The summed E-state index contributed by atoms with van der Waals surface area (Å²) < 4.78 is 3.71. The summed E-state index contributed by atoms with van der Waals surface area (Å²) in [6.45, 7) is 3.57. The Labute approximate surface area is 107 Å². The molecule has 0 amide bonds. The van der Waals surface area contributed by atoms with Crippen molar-refractivity contribution in [3.63, 3.8) is 0 Å². The van der Waals surface area contributed by atoms with Crippen LogP contribution in [0.2, 0.25) is 0 Å². The third kappa shape index (κ3) is 2.44. The fourth-order valence-electron chi connectivity index (χ4n) is 1.95. The molecular formula is C13H17N5. The van der Waals surface area contributed by atoms with E-state index in [-0.39, 0.29) is 0 Å². The van der Waals surface area contributed by atoms with Gasteiger partial charge in [-0.3, -0.25) is 4.68 Å². The number of nitriles is 1. The Bertz CT molecular complexity index is 585. The Morgan fingerprint density at radius 1 is 1.39 bits per heavy atom. The van der Waals surface area contributed by atoms with E-state index in [2.05, 4.69) is 16.5 Å². The molecule has 94 valence electrons. The second-order valence-electron chi connectivity index (χ2n) is 4.44. The van der Waals surface area contributed by atoms with Crippen LogP contribution in [0.5, 0.6) is 0 Å². The standard InChI is InChI=1S/C13H17N5/c1-10-12(4-13(5-14)18(10)3)8-15-6-11-7-16-17(2)9-11/h4,7,9,15H,6,8H2,1-3H3. The Hall–Kier alpha value is -2.06. The van der Waals surface area contributed by atoms with E-state index in [1.807, 2.05) is 44.0 Å². The highest BCUT2D eigenvalue weighted by Crippen LogP contribution is 2.13. The van der Waals surface area contributed by atoms with Gasteiger partial charge in [0.05, 0.1) is 6.20 Å². The van der Waals surface area contributed by atoms with E-state index < -0.39 is 0 Å². The zero-order valence-corrected chi connectivity index (χ0v) is 10.9. The third-order valence-electron chi connectivity index (χ3n) is 3.16. The first-order valence-corrected chi connectivity index (χ1v) is 5.85. The smallest absolute Gasteiger partial charge is 0.120 e. The van der Waals surface area contributed by atoms with Crippen molar-refractivity contribution in [3.8, 4) is 6.07 Å². The predicted octanol–water partition coefficient (Wildman–Crippen LogP) is 1.23. The zero-order valence-electron chi connectivity index (χ0n) is 10.9. The van der Waals surface area contributed by atoms with Crippen LogP contribution in [-0.4, -0.2) is 14.3 Å². The van der Waals surface area contributed by atoms with Gasteiger partial charge in [-0.05, 0) is 18.6 Å². The molecule has 0 fully saturated rings. The lowest BCUT2D eigenvalue weighted by Crippen LogP contribution is -2.12. The molecule has 5 heteroatoms. The highest BCUT2D eigenvalue weighted by molar-refractivity contribution is 5.34. The summed E-state index contributed by atoms with van der Waals surface area (Å²) in [4.78, 5) is 0. The summed E-state index contributed by atoms with van der Waals surface area (Å²) in [5, 5.41) is 16.4. The van der Waals surface area contributed by atoms with Crippen LogP contribution in [0.15, 0.2) is 18.5 Å². The maximum Gasteiger partial charge on any atom is 0.120 e.